The van der Waals surface area contributed by atoms with Crippen molar-refractivity contribution < 1.29 is 9.90 Å². The Morgan fingerprint density at radius 3 is 3.00 bits per heavy atom. The van der Waals surface area contributed by atoms with Crippen LogP contribution in [0.4, 0.5) is 0 Å². The minimum absolute atomic E-state index is 0.0307. The van der Waals surface area contributed by atoms with Crippen molar-refractivity contribution in [2.75, 3.05) is 0 Å². The summed E-state index contributed by atoms with van der Waals surface area (Å²) in [4.78, 5) is 28.2. The van der Waals surface area contributed by atoms with Gasteiger partial charge in [0.25, 0.3) is 0 Å². The second-order valence-corrected chi connectivity index (χ2v) is 2.77. The van der Waals surface area contributed by atoms with E-state index in [1.807, 2.05) is 0 Å². The molecule has 70 valence electrons. The molecule has 5 nitrogen and oxygen atoms in total. The van der Waals surface area contributed by atoms with Crippen LogP contribution < -0.4 is 5.56 Å². The second-order valence-electron chi connectivity index (χ2n) is 2.77. The monoisotopic (exact) mass is 190 g/mol. The summed E-state index contributed by atoms with van der Waals surface area (Å²) in [5.41, 5.74) is 0.0165. The molecule has 2 rings (SSSR count). The molecule has 5 heteroatoms. The first-order chi connectivity index (χ1) is 6.68. The quantitative estimate of drug-likeness (QED) is 0.690. The predicted octanol–water partition coefficient (Wildman–Crippen LogP) is 0.621. The summed E-state index contributed by atoms with van der Waals surface area (Å²) in [5.74, 6) is -1.13. The molecular weight excluding hydrogens is 184 g/mol. The minimum atomic E-state index is -1.13. The Kier molecular flexibility index (Phi) is 1.78. The van der Waals surface area contributed by atoms with Gasteiger partial charge in [-0.1, -0.05) is 0 Å². The molecule has 0 fully saturated rings. The van der Waals surface area contributed by atoms with Crippen molar-refractivity contribution >= 4 is 16.9 Å². The normalized spacial score (nSPS) is 10.3. The number of aromatic nitrogens is 2. The Bertz CT molecular complexity index is 559. The highest BCUT2D eigenvalue weighted by atomic mass is 16.4. The number of aromatic amines is 1. The van der Waals surface area contributed by atoms with Gasteiger partial charge in [0, 0.05) is 23.8 Å². The number of rotatable bonds is 1. The number of pyridine rings is 2. The first kappa shape index (κ1) is 8.43. The smallest absolute Gasteiger partial charge is 0.336 e. The van der Waals surface area contributed by atoms with Crippen molar-refractivity contribution in [1.29, 1.82) is 0 Å². The van der Waals surface area contributed by atoms with Crippen LogP contribution in [0.2, 0.25) is 0 Å². The number of carboxylic acid groups (broad SMARTS) is 1. The first-order valence-electron chi connectivity index (χ1n) is 3.89. The standard InChI is InChI=1S/C9H6N2O3/c12-8-3-5(9(13)14)6-4-10-2-1-7(6)11-8/h1-4H,(H,11,12)(H,13,14). The lowest BCUT2D eigenvalue weighted by Gasteiger charge is -1.99. The molecular formula is C9H6N2O3. The average Bonchev–Trinajstić information content (AvgIpc) is 2.16. The Morgan fingerprint density at radius 2 is 2.29 bits per heavy atom. The topological polar surface area (TPSA) is 83.0 Å². The van der Waals surface area contributed by atoms with Gasteiger partial charge in [0.15, 0.2) is 0 Å². The molecule has 0 saturated carbocycles. The van der Waals surface area contributed by atoms with Crippen molar-refractivity contribution in [3.05, 3.63) is 40.4 Å². The van der Waals surface area contributed by atoms with Gasteiger partial charge in [-0.25, -0.2) is 4.79 Å². The summed E-state index contributed by atoms with van der Waals surface area (Å²) in [5, 5.41) is 9.26. The number of nitrogens with one attached hydrogen (secondary N) is 1. The molecule has 0 atom stereocenters. The highest BCUT2D eigenvalue weighted by molar-refractivity contribution is 6.01. The predicted molar refractivity (Wildman–Crippen MR) is 49.3 cm³/mol. The molecule has 0 aliphatic heterocycles. The molecule has 0 radical (unpaired) electrons. The third-order valence-corrected chi connectivity index (χ3v) is 1.87. The summed E-state index contributed by atoms with van der Waals surface area (Å²) in [7, 11) is 0. The zero-order valence-corrected chi connectivity index (χ0v) is 7.02. The van der Waals surface area contributed by atoms with Crippen molar-refractivity contribution in [3.8, 4) is 0 Å². The molecule has 0 unspecified atom stereocenters. The molecule has 2 aromatic rings. The molecule has 14 heavy (non-hydrogen) atoms. The molecule has 2 N–H and O–H groups in total. The Balaban J connectivity index is 2.94. The van der Waals surface area contributed by atoms with Crippen molar-refractivity contribution in [3.63, 3.8) is 0 Å². The fraction of sp³-hybridized carbons (Fsp3) is 0. The largest absolute Gasteiger partial charge is 0.478 e. The second kappa shape index (κ2) is 2.95. The van der Waals surface area contributed by atoms with Crippen LogP contribution in [0.3, 0.4) is 0 Å². The van der Waals surface area contributed by atoms with E-state index in [0.29, 0.717) is 10.9 Å². The molecule has 0 bridgehead atoms. The minimum Gasteiger partial charge on any atom is -0.478 e. The van der Waals surface area contributed by atoms with E-state index in [9.17, 15) is 9.59 Å². The van der Waals surface area contributed by atoms with E-state index in [1.165, 1.54) is 12.4 Å². The fourth-order valence-electron chi connectivity index (χ4n) is 1.27. The lowest BCUT2D eigenvalue weighted by atomic mass is 10.1. The van der Waals surface area contributed by atoms with Gasteiger partial charge in [-0.3, -0.25) is 9.78 Å². The van der Waals surface area contributed by atoms with E-state index in [4.69, 9.17) is 5.11 Å². The summed E-state index contributed by atoms with van der Waals surface area (Å²) in [6.07, 6.45) is 2.90. The number of nitrogens with zero attached hydrogens (tertiary/aromatic N) is 1. The van der Waals surface area contributed by atoms with E-state index in [0.717, 1.165) is 6.07 Å². The number of hydrogen-bond acceptors (Lipinski definition) is 3. The molecule has 0 saturated heterocycles. The van der Waals surface area contributed by atoms with Gasteiger partial charge in [0.1, 0.15) is 0 Å². The molecule has 0 aliphatic rings. The lowest BCUT2D eigenvalue weighted by Crippen LogP contribution is -2.10. The SMILES string of the molecule is O=C(O)c1cc(=O)[nH]c2ccncc12. The highest BCUT2D eigenvalue weighted by Gasteiger charge is 2.09. The average molecular weight is 190 g/mol. The number of hydrogen-bond donors (Lipinski definition) is 2. The van der Waals surface area contributed by atoms with Crippen LogP contribution in [0.15, 0.2) is 29.3 Å². The van der Waals surface area contributed by atoms with Gasteiger partial charge in [0.2, 0.25) is 5.56 Å². The van der Waals surface area contributed by atoms with Gasteiger partial charge in [-0.15, -0.1) is 0 Å². The van der Waals surface area contributed by atoms with Gasteiger partial charge in [0.05, 0.1) is 11.1 Å². The van der Waals surface area contributed by atoms with E-state index in [-0.39, 0.29) is 5.56 Å². The molecule has 0 amide bonds. The molecule has 2 heterocycles. The summed E-state index contributed by atoms with van der Waals surface area (Å²) in [6.45, 7) is 0. The van der Waals surface area contributed by atoms with Crippen LogP contribution in [0.1, 0.15) is 10.4 Å². The van der Waals surface area contributed by atoms with E-state index in [2.05, 4.69) is 9.97 Å². The maximum Gasteiger partial charge on any atom is 0.336 e. The van der Waals surface area contributed by atoms with Crippen LogP contribution in [-0.4, -0.2) is 21.0 Å². The highest BCUT2D eigenvalue weighted by Crippen LogP contribution is 2.12. The summed E-state index contributed by atoms with van der Waals surface area (Å²) < 4.78 is 0. The number of aromatic carboxylic acids is 1. The van der Waals surface area contributed by atoms with Gasteiger partial charge >= 0.3 is 5.97 Å². The fourth-order valence-corrected chi connectivity index (χ4v) is 1.27. The van der Waals surface area contributed by atoms with Crippen molar-refractivity contribution in [2.45, 2.75) is 0 Å². The zero-order valence-electron chi connectivity index (χ0n) is 7.02. The lowest BCUT2D eigenvalue weighted by molar-refractivity contribution is 0.0699. The summed E-state index contributed by atoms with van der Waals surface area (Å²) >= 11 is 0. The van der Waals surface area contributed by atoms with Crippen LogP contribution in [0.25, 0.3) is 10.9 Å². The molecule has 0 aliphatic carbocycles. The number of fused-ring (bicyclic) bond motifs is 1. The third-order valence-electron chi connectivity index (χ3n) is 1.87. The third kappa shape index (κ3) is 1.24. The van der Waals surface area contributed by atoms with Crippen LogP contribution >= 0.6 is 0 Å². The van der Waals surface area contributed by atoms with Gasteiger partial charge < -0.3 is 10.1 Å². The summed E-state index contributed by atoms with van der Waals surface area (Å²) in [6, 6.07) is 2.61. The molecule has 0 spiro atoms. The number of carbonyl (C=O) groups is 1. The number of H-pyrrole nitrogens is 1. The van der Waals surface area contributed by atoms with E-state index in [1.54, 1.807) is 6.07 Å². The zero-order chi connectivity index (χ0) is 10.1. The van der Waals surface area contributed by atoms with Crippen LogP contribution in [0, 0.1) is 0 Å². The van der Waals surface area contributed by atoms with E-state index < -0.39 is 11.5 Å². The Morgan fingerprint density at radius 1 is 1.50 bits per heavy atom. The maximum absolute atomic E-state index is 11.1. The number of carboxylic acids is 1. The molecule has 2 aromatic heterocycles. The Hall–Kier alpha value is -2.17. The van der Waals surface area contributed by atoms with E-state index >= 15 is 0 Å². The van der Waals surface area contributed by atoms with Crippen LogP contribution in [0.5, 0.6) is 0 Å². The molecule has 0 aromatic carbocycles. The van der Waals surface area contributed by atoms with Crippen molar-refractivity contribution in [1.82, 2.24) is 9.97 Å². The Labute approximate surface area is 78.0 Å². The van der Waals surface area contributed by atoms with Crippen LogP contribution in [-0.2, 0) is 0 Å². The first-order valence-corrected chi connectivity index (χ1v) is 3.89. The van der Waals surface area contributed by atoms with Gasteiger partial charge in [-0.2, -0.15) is 0 Å². The van der Waals surface area contributed by atoms with Gasteiger partial charge in [-0.05, 0) is 6.07 Å². The van der Waals surface area contributed by atoms with Crippen molar-refractivity contribution in [2.24, 2.45) is 0 Å². The maximum atomic E-state index is 11.1.